The first kappa shape index (κ1) is 27.6. The Bertz CT molecular complexity index is 1570. The summed E-state index contributed by atoms with van der Waals surface area (Å²) in [6, 6.07) is 21.3. The number of hydrogen-bond acceptors (Lipinski definition) is 5. The Balaban J connectivity index is 1.26. The van der Waals surface area contributed by atoms with E-state index in [0.29, 0.717) is 30.5 Å². The molecule has 3 N–H and O–H groups in total. The van der Waals surface area contributed by atoms with Gasteiger partial charge in [0.2, 0.25) is 17.6 Å². The molecule has 5 rings (SSSR count). The smallest absolute Gasteiger partial charge is 0.452 e. The van der Waals surface area contributed by atoms with Crippen molar-refractivity contribution in [1.29, 1.82) is 0 Å². The van der Waals surface area contributed by atoms with Crippen LogP contribution in [0.2, 0.25) is 0 Å². The van der Waals surface area contributed by atoms with E-state index < -0.39 is 41.3 Å². The van der Waals surface area contributed by atoms with Crippen molar-refractivity contribution >= 4 is 29.2 Å². The van der Waals surface area contributed by atoms with Crippen LogP contribution in [0.1, 0.15) is 35.5 Å². The molecule has 0 spiro atoms. The molecule has 1 aromatic heterocycles. The molecule has 0 aliphatic heterocycles. The number of alkyl halides is 3. The zero-order valence-corrected chi connectivity index (χ0v) is 21.4. The molecule has 1 fully saturated rings. The summed E-state index contributed by atoms with van der Waals surface area (Å²) in [6.07, 6.45) is -3.20. The first-order valence-electron chi connectivity index (χ1n) is 12.8. The Labute approximate surface area is 232 Å². The van der Waals surface area contributed by atoms with Crippen LogP contribution in [0.5, 0.6) is 0 Å². The third-order valence-electron chi connectivity index (χ3n) is 6.92. The van der Waals surface area contributed by atoms with Gasteiger partial charge in [-0.2, -0.15) is 13.2 Å². The van der Waals surface area contributed by atoms with Crippen molar-refractivity contribution < 1.29 is 37.1 Å². The lowest BCUT2D eigenvalue weighted by atomic mass is 9.95. The molecule has 1 saturated carbocycles. The Morgan fingerprint density at radius 2 is 1.34 bits per heavy atom. The molecular formula is C30H24F3N3O5. The average Bonchev–Trinajstić information content (AvgIpc) is 3.63. The number of aliphatic carboxylic acids is 1. The number of carbonyl (C=O) groups is 3. The van der Waals surface area contributed by atoms with Crippen LogP contribution >= 0.6 is 0 Å². The Hall–Kier alpha value is -4.93. The van der Waals surface area contributed by atoms with Gasteiger partial charge in [-0.25, -0.2) is 4.98 Å². The standard InChI is InChI=1S/C30H24F3N3O5/c31-30(32,33)25-24(36-28(41-25)19-5-2-1-3-6-19)27(38)35-21-15-11-18(12-16-21)17-9-13-20(14-10-17)34-26(37)22-7-4-8-23(22)29(39)40/h1-3,5-6,9-16,22-23H,4,7-8H2,(H,34,37)(H,35,38)(H,39,40). The van der Waals surface area contributed by atoms with Gasteiger partial charge in [-0.05, 0) is 60.4 Å². The third-order valence-corrected chi connectivity index (χ3v) is 6.92. The van der Waals surface area contributed by atoms with Crippen LogP contribution in [0.25, 0.3) is 22.6 Å². The van der Waals surface area contributed by atoms with Gasteiger partial charge in [-0.1, -0.05) is 48.9 Å². The molecule has 0 radical (unpaired) electrons. The molecule has 2 unspecified atom stereocenters. The number of rotatable bonds is 7. The van der Waals surface area contributed by atoms with E-state index in [4.69, 9.17) is 4.42 Å². The van der Waals surface area contributed by atoms with Gasteiger partial charge in [0.25, 0.3) is 5.91 Å². The summed E-state index contributed by atoms with van der Waals surface area (Å²) in [5.74, 6) is -5.39. The summed E-state index contributed by atoms with van der Waals surface area (Å²) < 4.78 is 45.7. The van der Waals surface area contributed by atoms with Crippen molar-refractivity contribution in [2.24, 2.45) is 11.8 Å². The predicted octanol–water partition coefficient (Wildman–Crippen LogP) is 6.72. The van der Waals surface area contributed by atoms with Crippen molar-refractivity contribution in [3.05, 3.63) is 90.3 Å². The van der Waals surface area contributed by atoms with E-state index in [1.54, 1.807) is 66.7 Å². The molecule has 41 heavy (non-hydrogen) atoms. The molecule has 1 aliphatic rings. The second-order valence-electron chi connectivity index (χ2n) is 9.64. The lowest BCUT2D eigenvalue weighted by Gasteiger charge is -2.15. The summed E-state index contributed by atoms with van der Waals surface area (Å²) in [4.78, 5) is 40.5. The highest BCUT2D eigenvalue weighted by atomic mass is 19.4. The number of carboxylic acids is 1. The Morgan fingerprint density at radius 1 is 0.780 bits per heavy atom. The Morgan fingerprint density at radius 3 is 1.90 bits per heavy atom. The number of benzene rings is 3. The first-order valence-corrected chi connectivity index (χ1v) is 12.8. The number of nitrogens with one attached hydrogen (secondary N) is 2. The zero-order valence-electron chi connectivity index (χ0n) is 21.4. The maximum atomic E-state index is 13.6. The summed E-state index contributed by atoms with van der Waals surface area (Å²) in [6.45, 7) is 0. The summed E-state index contributed by atoms with van der Waals surface area (Å²) in [5, 5.41) is 14.5. The highest BCUT2D eigenvalue weighted by Gasteiger charge is 2.42. The molecular weight excluding hydrogens is 539 g/mol. The number of hydrogen-bond donors (Lipinski definition) is 3. The largest absolute Gasteiger partial charge is 0.481 e. The fourth-order valence-corrected chi connectivity index (χ4v) is 4.86. The van der Waals surface area contributed by atoms with E-state index in [1.807, 2.05) is 0 Å². The maximum Gasteiger partial charge on any atom is 0.452 e. The van der Waals surface area contributed by atoms with Crippen molar-refractivity contribution in [3.63, 3.8) is 0 Å². The molecule has 0 saturated heterocycles. The van der Waals surface area contributed by atoms with Gasteiger partial charge in [-0.3, -0.25) is 14.4 Å². The molecule has 3 aromatic carbocycles. The maximum absolute atomic E-state index is 13.6. The average molecular weight is 564 g/mol. The van der Waals surface area contributed by atoms with Crippen LogP contribution in [-0.4, -0.2) is 27.9 Å². The number of anilines is 2. The van der Waals surface area contributed by atoms with Crippen molar-refractivity contribution in [2.45, 2.75) is 25.4 Å². The van der Waals surface area contributed by atoms with Crippen molar-refractivity contribution in [1.82, 2.24) is 4.98 Å². The molecule has 210 valence electrons. The normalized spacial score (nSPS) is 16.8. The van der Waals surface area contributed by atoms with Crippen LogP contribution in [-0.2, 0) is 15.8 Å². The number of amides is 2. The number of aromatic nitrogens is 1. The topological polar surface area (TPSA) is 122 Å². The molecule has 11 heteroatoms. The second kappa shape index (κ2) is 11.3. The number of halogens is 3. The van der Waals surface area contributed by atoms with E-state index in [9.17, 15) is 32.7 Å². The summed E-state index contributed by atoms with van der Waals surface area (Å²) in [5.41, 5.74) is 1.76. The molecule has 4 aromatic rings. The van der Waals surface area contributed by atoms with Crippen molar-refractivity contribution in [2.75, 3.05) is 10.6 Å². The highest BCUT2D eigenvalue weighted by molar-refractivity contribution is 6.04. The predicted molar refractivity (Wildman–Crippen MR) is 144 cm³/mol. The fraction of sp³-hybridized carbons (Fsp3) is 0.200. The lowest BCUT2D eigenvalue weighted by Crippen LogP contribution is -2.29. The van der Waals surface area contributed by atoms with Gasteiger partial charge < -0.3 is 20.2 Å². The molecule has 8 nitrogen and oxygen atoms in total. The minimum absolute atomic E-state index is 0.254. The number of oxazole rings is 1. The minimum Gasteiger partial charge on any atom is -0.481 e. The van der Waals surface area contributed by atoms with Crippen LogP contribution in [0.4, 0.5) is 24.5 Å². The number of carbonyl (C=O) groups excluding carboxylic acids is 2. The van der Waals surface area contributed by atoms with Gasteiger partial charge in [0.05, 0.1) is 11.8 Å². The van der Waals surface area contributed by atoms with Crippen LogP contribution < -0.4 is 10.6 Å². The van der Waals surface area contributed by atoms with Gasteiger partial charge in [-0.15, -0.1) is 0 Å². The zero-order chi connectivity index (χ0) is 29.1. The molecule has 1 heterocycles. The summed E-state index contributed by atoms with van der Waals surface area (Å²) >= 11 is 0. The minimum atomic E-state index is -4.92. The van der Waals surface area contributed by atoms with E-state index in [0.717, 1.165) is 11.1 Å². The van der Waals surface area contributed by atoms with E-state index in [2.05, 4.69) is 15.6 Å². The van der Waals surface area contributed by atoms with Crippen LogP contribution in [0.3, 0.4) is 0 Å². The SMILES string of the molecule is O=C(Nc1ccc(-c2ccc(NC(=O)C3CCCC3C(=O)O)cc2)cc1)c1nc(-c2ccccc2)oc1C(F)(F)F. The number of carboxylic acid groups (broad SMARTS) is 1. The quantitative estimate of drug-likeness (QED) is 0.230. The lowest BCUT2D eigenvalue weighted by molar-refractivity contribution is -0.153. The molecule has 0 bridgehead atoms. The van der Waals surface area contributed by atoms with Crippen LogP contribution in [0, 0.1) is 11.8 Å². The van der Waals surface area contributed by atoms with Gasteiger partial charge in [0.15, 0.2) is 5.69 Å². The van der Waals surface area contributed by atoms with E-state index in [1.165, 1.54) is 12.1 Å². The van der Waals surface area contributed by atoms with E-state index in [-0.39, 0.29) is 17.5 Å². The molecule has 2 atom stereocenters. The first-order chi connectivity index (χ1) is 19.6. The van der Waals surface area contributed by atoms with Gasteiger partial charge >= 0.3 is 12.1 Å². The van der Waals surface area contributed by atoms with E-state index >= 15 is 0 Å². The van der Waals surface area contributed by atoms with Crippen molar-refractivity contribution in [3.8, 4) is 22.6 Å². The highest BCUT2D eigenvalue weighted by Crippen LogP contribution is 2.36. The summed E-state index contributed by atoms with van der Waals surface area (Å²) in [7, 11) is 0. The fourth-order valence-electron chi connectivity index (χ4n) is 4.86. The van der Waals surface area contributed by atoms with Gasteiger partial charge in [0, 0.05) is 16.9 Å². The third kappa shape index (κ3) is 6.13. The molecule has 1 aliphatic carbocycles. The molecule has 2 amide bonds. The second-order valence-corrected chi connectivity index (χ2v) is 9.64. The van der Waals surface area contributed by atoms with Gasteiger partial charge in [0.1, 0.15) is 0 Å². The Kier molecular flexibility index (Phi) is 7.60. The van der Waals surface area contributed by atoms with Crippen LogP contribution in [0.15, 0.2) is 83.3 Å². The monoisotopic (exact) mass is 563 g/mol. The number of nitrogens with zero attached hydrogens (tertiary/aromatic N) is 1.